The lowest BCUT2D eigenvalue weighted by atomic mass is 10.1. The van der Waals surface area contributed by atoms with E-state index < -0.39 is 17.6 Å². The van der Waals surface area contributed by atoms with E-state index >= 15 is 0 Å². The summed E-state index contributed by atoms with van der Waals surface area (Å²) in [5.41, 5.74) is 0.405. The molecule has 24 heavy (non-hydrogen) atoms. The molecule has 0 radical (unpaired) electrons. The van der Waals surface area contributed by atoms with Gasteiger partial charge >= 0.3 is 0 Å². The van der Waals surface area contributed by atoms with E-state index in [1.54, 1.807) is 6.92 Å². The standard InChI is InChI=1S/C15H20N4O4S/c1-3-4-10(11-5-9(20)6-13(21)16-11)17-14(22)12-7-24-15(18-12)8(2)19-23/h5-6,10,12,23H,3-4,7H2,1-2H3,(H,17,22)(H2,16,20,21)/b19-8+. The molecule has 0 bridgehead atoms. The monoisotopic (exact) mass is 352 g/mol. The van der Waals surface area contributed by atoms with Crippen LogP contribution in [0.3, 0.4) is 0 Å². The van der Waals surface area contributed by atoms with Gasteiger partial charge in [-0.25, -0.2) is 0 Å². The van der Waals surface area contributed by atoms with Gasteiger partial charge in [-0.3, -0.25) is 14.6 Å². The number of thioether (sulfide) groups is 1. The molecule has 130 valence electrons. The summed E-state index contributed by atoms with van der Waals surface area (Å²) >= 11 is 1.35. The molecule has 8 nitrogen and oxygen atoms in total. The van der Waals surface area contributed by atoms with Gasteiger partial charge in [-0.2, -0.15) is 0 Å². The molecular weight excluding hydrogens is 332 g/mol. The van der Waals surface area contributed by atoms with Crippen molar-refractivity contribution in [3.05, 3.63) is 28.2 Å². The van der Waals surface area contributed by atoms with Crippen LogP contribution in [0.25, 0.3) is 0 Å². The van der Waals surface area contributed by atoms with Gasteiger partial charge in [0.2, 0.25) is 5.91 Å². The summed E-state index contributed by atoms with van der Waals surface area (Å²) in [6, 6.07) is 1.52. The van der Waals surface area contributed by atoms with E-state index in [4.69, 9.17) is 5.21 Å². The fourth-order valence-corrected chi connectivity index (χ4v) is 3.34. The maximum atomic E-state index is 12.4. The van der Waals surface area contributed by atoms with Gasteiger partial charge in [-0.15, -0.1) is 11.8 Å². The zero-order chi connectivity index (χ0) is 17.7. The first-order valence-electron chi connectivity index (χ1n) is 7.57. The van der Waals surface area contributed by atoms with Crippen molar-refractivity contribution in [1.29, 1.82) is 0 Å². The predicted octanol–water partition coefficient (Wildman–Crippen LogP) is 1.40. The van der Waals surface area contributed by atoms with E-state index in [0.717, 1.165) is 12.5 Å². The van der Waals surface area contributed by atoms with Crippen LogP contribution in [0.5, 0.6) is 5.75 Å². The van der Waals surface area contributed by atoms with Crippen LogP contribution in [0, 0.1) is 0 Å². The van der Waals surface area contributed by atoms with Gasteiger partial charge in [-0.1, -0.05) is 18.5 Å². The quantitative estimate of drug-likeness (QED) is 0.350. The fraction of sp³-hybridized carbons (Fsp3) is 0.467. The number of carbonyl (C=O) groups excluding carboxylic acids is 1. The minimum Gasteiger partial charge on any atom is -0.508 e. The molecule has 2 heterocycles. The Kier molecular flexibility index (Phi) is 6.02. The number of oxime groups is 1. The highest BCUT2D eigenvalue weighted by Gasteiger charge is 2.28. The Hall–Kier alpha value is -2.29. The third kappa shape index (κ3) is 4.38. The van der Waals surface area contributed by atoms with Crippen molar-refractivity contribution in [3.8, 4) is 5.75 Å². The second kappa shape index (κ2) is 8.00. The van der Waals surface area contributed by atoms with Crippen LogP contribution in [0.1, 0.15) is 38.4 Å². The van der Waals surface area contributed by atoms with Gasteiger partial charge in [0.05, 0.1) is 6.04 Å². The average molecular weight is 352 g/mol. The van der Waals surface area contributed by atoms with E-state index in [1.165, 1.54) is 17.8 Å². The van der Waals surface area contributed by atoms with E-state index in [9.17, 15) is 14.7 Å². The number of nitrogens with zero attached hydrogens (tertiary/aromatic N) is 2. The minimum absolute atomic E-state index is 0.143. The number of aromatic amines is 1. The maximum Gasteiger partial charge on any atom is 0.251 e. The van der Waals surface area contributed by atoms with Crippen LogP contribution in [-0.4, -0.2) is 43.8 Å². The minimum atomic E-state index is -0.579. The number of amides is 1. The van der Waals surface area contributed by atoms with Gasteiger partial charge < -0.3 is 20.6 Å². The van der Waals surface area contributed by atoms with E-state index in [0.29, 0.717) is 28.6 Å². The Bertz CT molecular complexity index is 728. The molecule has 0 fully saturated rings. The van der Waals surface area contributed by atoms with Crippen molar-refractivity contribution in [2.24, 2.45) is 10.1 Å². The normalized spacial score (nSPS) is 19.0. The van der Waals surface area contributed by atoms with Gasteiger partial charge in [0, 0.05) is 23.6 Å². The Balaban J connectivity index is 2.15. The second-order valence-electron chi connectivity index (χ2n) is 5.45. The number of aromatic nitrogens is 1. The molecule has 1 amide bonds. The first-order valence-corrected chi connectivity index (χ1v) is 8.56. The Morgan fingerprint density at radius 1 is 1.58 bits per heavy atom. The molecule has 1 aliphatic rings. The van der Waals surface area contributed by atoms with E-state index in [1.807, 2.05) is 6.92 Å². The summed E-state index contributed by atoms with van der Waals surface area (Å²) in [4.78, 5) is 30.9. The van der Waals surface area contributed by atoms with Crippen LogP contribution < -0.4 is 10.9 Å². The third-order valence-electron chi connectivity index (χ3n) is 3.53. The topological polar surface area (TPSA) is 127 Å². The van der Waals surface area contributed by atoms with Crippen LogP contribution in [0.15, 0.2) is 27.1 Å². The van der Waals surface area contributed by atoms with Crippen molar-refractivity contribution in [2.45, 2.75) is 38.8 Å². The zero-order valence-corrected chi connectivity index (χ0v) is 14.3. The van der Waals surface area contributed by atoms with Crippen LogP contribution in [-0.2, 0) is 4.79 Å². The summed E-state index contributed by atoms with van der Waals surface area (Å²) in [5.74, 6) is 0.0465. The first-order chi connectivity index (χ1) is 11.4. The number of aliphatic imine (C=N–C) groups is 1. The number of hydrogen-bond donors (Lipinski definition) is 4. The van der Waals surface area contributed by atoms with E-state index in [2.05, 4.69) is 20.4 Å². The molecule has 1 aromatic heterocycles. The Morgan fingerprint density at radius 3 is 2.96 bits per heavy atom. The van der Waals surface area contributed by atoms with Crippen LogP contribution >= 0.6 is 11.8 Å². The molecule has 0 saturated heterocycles. The van der Waals surface area contributed by atoms with Gasteiger partial charge in [0.15, 0.2) is 0 Å². The number of nitrogens with one attached hydrogen (secondary N) is 2. The molecule has 1 aliphatic heterocycles. The highest BCUT2D eigenvalue weighted by molar-refractivity contribution is 8.16. The number of hydrogen-bond acceptors (Lipinski definition) is 7. The molecule has 1 aromatic rings. The molecule has 0 spiro atoms. The molecule has 9 heteroatoms. The molecular formula is C15H20N4O4S. The van der Waals surface area contributed by atoms with Gasteiger partial charge in [-0.05, 0) is 13.3 Å². The van der Waals surface area contributed by atoms with Crippen molar-refractivity contribution in [3.63, 3.8) is 0 Å². The van der Waals surface area contributed by atoms with Crippen LogP contribution in [0.4, 0.5) is 0 Å². The second-order valence-corrected chi connectivity index (χ2v) is 6.46. The molecule has 2 unspecified atom stereocenters. The Labute approximate surface area is 143 Å². The van der Waals surface area contributed by atoms with E-state index in [-0.39, 0.29) is 11.7 Å². The number of pyridine rings is 1. The maximum absolute atomic E-state index is 12.4. The van der Waals surface area contributed by atoms with Crippen molar-refractivity contribution >= 4 is 28.4 Å². The fourth-order valence-electron chi connectivity index (χ4n) is 2.35. The largest absolute Gasteiger partial charge is 0.508 e. The summed E-state index contributed by atoms with van der Waals surface area (Å²) < 4.78 is 0. The molecule has 0 aromatic carbocycles. The van der Waals surface area contributed by atoms with Crippen molar-refractivity contribution < 1.29 is 15.1 Å². The summed E-state index contributed by atoms with van der Waals surface area (Å²) in [7, 11) is 0. The summed E-state index contributed by atoms with van der Waals surface area (Å²) in [6.07, 6.45) is 1.39. The summed E-state index contributed by atoms with van der Waals surface area (Å²) in [6.45, 7) is 3.58. The lowest BCUT2D eigenvalue weighted by Crippen LogP contribution is -2.37. The molecule has 4 N–H and O–H groups in total. The third-order valence-corrected chi connectivity index (χ3v) is 4.69. The number of rotatable bonds is 6. The average Bonchev–Trinajstić information content (AvgIpc) is 3.02. The highest BCUT2D eigenvalue weighted by atomic mass is 32.2. The number of aromatic hydroxyl groups is 1. The van der Waals surface area contributed by atoms with Crippen LogP contribution in [0.2, 0.25) is 0 Å². The van der Waals surface area contributed by atoms with Gasteiger partial charge in [0.25, 0.3) is 5.56 Å². The Morgan fingerprint density at radius 2 is 2.33 bits per heavy atom. The van der Waals surface area contributed by atoms with Gasteiger partial charge in [0.1, 0.15) is 22.5 Å². The zero-order valence-electron chi connectivity index (χ0n) is 13.4. The lowest BCUT2D eigenvalue weighted by Gasteiger charge is -2.19. The SMILES string of the molecule is CCCC(NC(=O)C1CSC(/C(C)=N/O)=N1)c1cc(O)cc(=O)[nH]1. The molecule has 2 atom stereocenters. The predicted molar refractivity (Wildman–Crippen MR) is 93.1 cm³/mol. The number of H-pyrrole nitrogens is 1. The molecule has 0 saturated carbocycles. The first kappa shape index (κ1) is 18.1. The van der Waals surface area contributed by atoms with Crippen molar-refractivity contribution in [1.82, 2.24) is 10.3 Å². The smallest absolute Gasteiger partial charge is 0.251 e. The van der Waals surface area contributed by atoms with Crippen molar-refractivity contribution in [2.75, 3.05) is 5.75 Å². The molecule has 0 aliphatic carbocycles. The molecule has 2 rings (SSSR count). The lowest BCUT2D eigenvalue weighted by molar-refractivity contribution is -0.122. The highest BCUT2D eigenvalue weighted by Crippen LogP contribution is 2.22. The summed E-state index contributed by atoms with van der Waals surface area (Å²) in [5, 5.41) is 24.8. The number of carbonyl (C=O) groups is 1.